The average Bonchev–Trinajstić information content (AvgIpc) is 2.78. The zero-order chi connectivity index (χ0) is 14.8. The number of carbonyl (C=O) groups is 2. The molecular weight excluding hydrogens is 254 g/mol. The molecule has 0 spiro atoms. The lowest BCUT2D eigenvalue weighted by molar-refractivity contribution is -0.154. The van der Waals surface area contributed by atoms with Crippen LogP contribution in [0.15, 0.2) is 30.3 Å². The maximum atomic E-state index is 12.2. The fourth-order valence-corrected chi connectivity index (χ4v) is 2.70. The summed E-state index contributed by atoms with van der Waals surface area (Å²) < 4.78 is 5.30. The molecule has 0 aromatic heterocycles. The van der Waals surface area contributed by atoms with Gasteiger partial charge in [0.2, 0.25) is 0 Å². The highest BCUT2D eigenvalue weighted by molar-refractivity contribution is 5.82. The molecule has 4 nitrogen and oxygen atoms in total. The van der Waals surface area contributed by atoms with Gasteiger partial charge in [0.05, 0.1) is 6.10 Å². The molecule has 0 amide bonds. The quantitative estimate of drug-likeness (QED) is 0.676. The summed E-state index contributed by atoms with van der Waals surface area (Å²) in [4.78, 5) is 23.5. The third-order valence-corrected chi connectivity index (χ3v) is 3.67. The van der Waals surface area contributed by atoms with E-state index in [0.29, 0.717) is 6.42 Å². The number of esters is 1. The molecule has 2 rings (SSSR count). The highest BCUT2D eigenvalue weighted by Crippen LogP contribution is 2.37. The van der Waals surface area contributed by atoms with Crippen LogP contribution < -0.4 is 5.32 Å². The Hall–Kier alpha value is -1.68. The van der Waals surface area contributed by atoms with Crippen molar-refractivity contribution in [2.75, 3.05) is 0 Å². The standard InChI is InChI=1S/C16H21NO3/c1-11(2)20-15(19)16(3)9-13(10-18)14(17-16)12-7-5-4-6-8-12/h4-8,10-11,13-14,17H,9H2,1-3H3/t13-,14+,16-/m1/s1. The van der Waals surface area contributed by atoms with E-state index >= 15 is 0 Å². The third-order valence-electron chi connectivity index (χ3n) is 3.67. The molecule has 1 aromatic carbocycles. The van der Waals surface area contributed by atoms with E-state index in [-0.39, 0.29) is 24.0 Å². The topological polar surface area (TPSA) is 55.4 Å². The third kappa shape index (κ3) is 2.90. The van der Waals surface area contributed by atoms with Crippen LogP contribution >= 0.6 is 0 Å². The summed E-state index contributed by atoms with van der Waals surface area (Å²) in [6.07, 6.45) is 1.23. The summed E-state index contributed by atoms with van der Waals surface area (Å²) in [6, 6.07) is 9.59. The molecule has 1 heterocycles. The first-order valence-electron chi connectivity index (χ1n) is 6.95. The molecule has 4 heteroatoms. The van der Waals surface area contributed by atoms with Gasteiger partial charge >= 0.3 is 5.97 Å². The zero-order valence-electron chi connectivity index (χ0n) is 12.1. The van der Waals surface area contributed by atoms with Crippen molar-refractivity contribution in [2.24, 2.45) is 5.92 Å². The van der Waals surface area contributed by atoms with Gasteiger partial charge in [-0.3, -0.25) is 10.1 Å². The second-order valence-electron chi connectivity index (χ2n) is 5.82. The summed E-state index contributed by atoms with van der Waals surface area (Å²) >= 11 is 0. The fourth-order valence-electron chi connectivity index (χ4n) is 2.70. The first-order chi connectivity index (χ1) is 9.46. The smallest absolute Gasteiger partial charge is 0.326 e. The Morgan fingerprint density at radius 2 is 2.05 bits per heavy atom. The van der Waals surface area contributed by atoms with Gasteiger partial charge in [0.25, 0.3) is 0 Å². The van der Waals surface area contributed by atoms with Crippen molar-refractivity contribution < 1.29 is 14.3 Å². The lowest BCUT2D eigenvalue weighted by Crippen LogP contribution is -2.47. The van der Waals surface area contributed by atoms with Gasteiger partial charge in [0, 0.05) is 12.0 Å². The van der Waals surface area contributed by atoms with Gasteiger partial charge in [-0.25, -0.2) is 0 Å². The van der Waals surface area contributed by atoms with E-state index in [1.807, 2.05) is 44.2 Å². The van der Waals surface area contributed by atoms with E-state index in [1.54, 1.807) is 6.92 Å². The van der Waals surface area contributed by atoms with E-state index in [9.17, 15) is 9.59 Å². The molecular formula is C16H21NO3. The van der Waals surface area contributed by atoms with Crippen LogP contribution in [0.1, 0.15) is 38.8 Å². The van der Waals surface area contributed by atoms with Gasteiger partial charge in [-0.15, -0.1) is 0 Å². The molecule has 0 aliphatic carbocycles. The Morgan fingerprint density at radius 3 is 2.60 bits per heavy atom. The molecule has 0 saturated carbocycles. The van der Waals surface area contributed by atoms with Crippen LogP contribution in [0.25, 0.3) is 0 Å². The maximum absolute atomic E-state index is 12.2. The predicted octanol–water partition coefficient (Wildman–Crippen LogP) is 2.25. The molecule has 1 fully saturated rings. The second kappa shape index (κ2) is 5.75. The summed E-state index contributed by atoms with van der Waals surface area (Å²) in [5, 5.41) is 3.28. The number of ether oxygens (including phenoxy) is 1. The summed E-state index contributed by atoms with van der Waals surface area (Å²) in [5.41, 5.74) is 0.210. The molecule has 1 aromatic rings. The lowest BCUT2D eigenvalue weighted by Gasteiger charge is -2.25. The Labute approximate surface area is 119 Å². The molecule has 1 saturated heterocycles. The largest absolute Gasteiger partial charge is 0.462 e. The minimum Gasteiger partial charge on any atom is -0.462 e. The summed E-state index contributed by atoms with van der Waals surface area (Å²) in [5.74, 6) is -0.514. The zero-order valence-corrected chi connectivity index (χ0v) is 12.1. The second-order valence-corrected chi connectivity index (χ2v) is 5.82. The van der Waals surface area contributed by atoms with Crippen LogP contribution in [0.2, 0.25) is 0 Å². The number of hydrogen-bond donors (Lipinski definition) is 1. The van der Waals surface area contributed by atoms with Gasteiger partial charge in [-0.1, -0.05) is 30.3 Å². The van der Waals surface area contributed by atoms with Crippen molar-refractivity contribution in [2.45, 2.75) is 44.9 Å². The number of aldehydes is 1. The normalized spacial score (nSPS) is 29.4. The van der Waals surface area contributed by atoms with Crippen LogP contribution in [-0.4, -0.2) is 23.9 Å². The average molecular weight is 275 g/mol. The molecule has 1 aliphatic rings. The van der Waals surface area contributed by atoms with Crippen molar-refractivity contribution in [3.63, 3.8) is 0 Å². The van der Waals surface area contributed by atoms with Crippen LogP contribution in [0, 0.1) is 5.92 Å². The van der Waals surface area contributed by atoms with Gasteiger partial charge in [-0.05, 0) is 32.8 Å². The Kier molecular flexibility index (Phi) is 4.23. The van der Waals surface area contributed by atoms with Crippen LogP contribution in [0.5, 0.6) is 0 Å². The van der Waals surface area contributed by atoms with Gasteiger partial charge in [0.1, 0.15) is 11.8 Å². The van der Waals surface area contributed by atoms with E-state index < -0.39 is 5.54 Å². The molecule has 3 atom stereocenters. The van der Waals surface area contributed by atoms with Crippen LogP contribution in [0.3, 0.4) is 0 Å². The molecule has 0 radical (unpaired) electrons. The summed E-state index contributed by atoms with van der Waals surface area (Å²) in [7, 11) is 0. The number of benzene rings is 1. The lowest BCUT2D eigenvalue weighted by atomic mass is 9.91. The Balaban J connectivity index is 2.21. The highest BCUT2D eigenvalue weighted by Gasteiger charge is 2.48. The number of nitrogens with one attached hydrogen (secondary N) is 1. The SMILES string of the molecule is CC(C)OC(=O)[C@@]1(C)C[C@H](C=O)[C@H](c2ccccc2)N1. The number of hydrogen-bond acceptors (Lipinski definition) is 4. The number of carbonyl (C=O) groups excluding carboxylic acids is 2. The summed E-state index contributed by atoms with van der Waals surface area (Å²) in [6.45, 7) is 5.45. The highest BCUT2D eigenvalue weighted by atomic mass is 16.5. The minimum absolute atomic E-state index is 0.140. The molecule has 1 N–H and O–H groups in total. The van der Waals surface area contributed by atoms with Crippen LogP contribution in [0.4, 0.5) is 0 Å². The van der Waals surface area contributed by atoms with Crippen molar-refractivity contribution >= 4 is 12.3 Å². The molecule has 1 aliphatic heterocycles. The first-order valence-corrected chi connectivity index (χ1v) is 6.95. The van der Waals surface area contributed by atoms with Crippen molar-refractivity contribution in [1.29, 1.82) is 0 Å². The molecule has 0 unspecified atom stereocenters. The number of rotatable bonds is 4. The Morgan fingerprint density at radius 1 is 1.40 bits per heavy atom. The molecule has 108 valence electrons. The predicted molar refractivity (Wildman–Crippen MR) is 76.1 cm³/mol. The van der Waals surface area contributed by atoms with E-state index in [0.717, 1.165) is 11.8 Å². The van der Waals surface area contributed by atoms with E-state index in [1.165, 1.54) is 0 Å². The fraction of sp³-hybridized carbons (Fsp3) is 0.500. The minimum atomic E-state index is -0.809. The van der Waals surface area contributed by atoms with Crippen LogP contribution in [-0.2, 0) is 14.3 Å². The van der Waals surface area contributed by atoms with E-state index in [2.05, 4.69) is 5.32 Å². The van der Waals surface area contributed by atoms with Crippen molar-refractivity contribution in [3.8, 4) is 0 Å². The van der Waals surface area contributed by atoms with Gasteiger partial charge in [-0.2, -0.15) is 0 Å². The van der Waals surface area contributed by atoms with Gasteiger partial charge < -0.3 is 9.53 Å². The van der Waals surface area contributed by atoms with Crippen molar-refractivity contribution in [3.05, 3.63) is 35.9 Å². The molecule has 20 heavy (non-hydrogen) atoms. The first kappa shape index (κ1) is 14.7. The van der Waals surface area contributed by atoms with Crippen molar-refractivity contribution in [1.82, 2.24) is 5.32 Å². The monoisotopic (exact) mass is 275 g/mol. The van der Waals surface area contributed by atoms with Gasteiger partial charge in [0.15, 0.2) is 0 Å². The maximum Gasteiger partial charge on any atom is 0.326 e. The Bertz CT molecular complexity index is 486. The molecule has 0 bridgehead atoms. The van der Waals surface area contributed by atoms with E-state index in [4.69, 9.17) is 4.74 Å².